The number of fused-ring (bicyclic) bond motifs is 2. The zero-order valence-electron chi connectivity index (χ0n) is 29.2. The van der Waals surface area contributed by atoms with Crippen molar-refractivity contribution < 1.29 is 47.2 Å². The second-order valence-corrected chi connectivity index (χ2v) is 20.2. The summed E-state index contributed by atoms with van der Waals surface area (Å²) in [6, 6.07) is 4.09. The first kappa shape index (κ1) is 43.2. The van der Waals surface area contributed by atoms with Gasteiger partial charge < -0.3 is 5.73 Å². The monoisotopic (exact) mass is 857 g/mol. The topological polar surface area (TPSA) is 162 Å². The summed E-state index contributed by atoms with van der Waals surface area (Å²) in [4.78, 5) is 4.73. The minimum absolute atomic E-state index is 0. The zero-order chi connectivity index (χ0) is 39.6. The number of anilines is 1. The van der Waals surface area contributed by atoms with Gasteiger partial charge in [-0.25, -0.2) is 39.0 Å². The molecule has 2 aromatic carbocycles. The van der Waals surface area contributed by atoms with Crippen molar-refractivity contribution in [2.24, 2.45) is 5.73 Å². The van der Waals surface area contributed by atoms with Crippen molar-refractivity contribution in [1.82, 2.24) is 14.8 Å². The predicted molar refractivity (Wildman–Crippen MR) is 198 cm³/mol. The van der Waals surface area contributed by atoms with Crippen LogP contribution in [0.5, 0.6) is 0 Å². The SMILES string of the molecule is CC(C)(C#Cc1nc([C@H](N)Cc2cc(F)cc(F)c2)c(-c2ccc(Cl)c3c(N(S(C)(=O)=O)S(C)(=O)=O)nn(CC(F)(F)F)c23)c2c1CCC2)S(C)(=O)=O.Cl. The summed E-state index contributed by atoms with van der Waals surface area (Å²) in [5.41, 5.74) is 7.70. The molecule has 0 unspecified atom stereocenters. The van der Waals surface area contributed by atoms with Crippen molar-refractivity contribution in [1.29, 1.82) is 0 Å². The second-order valence-electron chi connectivity index (χ2n) is 13.3. The quantitative estimate of drug-likeness (QED) is 0.166. The third-order valence-electron chi connectivity index (χ3n) is 8.63. The van der Waals surface area contributed by atoms with Crippen LogP contribution in [-0.4, -0.2) is 69.7 Å². The Morgan fingerprint density at radius 3 is 2.07 bits per heavy atom. The van der Waals surface area contributed by atoms with E-state index >= 15 is 0 Å². The molecule has 0 radical (unpaired) electrons. The number of hydrogen-bond acceptors (Lipinski definition) is 9. The van der Waals surface area contributed by atoms with E-state index in [1.807, 2.05) is 0 Å². The zero-order valence-corrected chi connectivity index (χ0v) is 33.2. The van der Waals surface area contributed by atoms with Crippen LogP contribution in [-0.2, 0) is 55.7 Å². The van der Waals surface area contributed by atoms with Crippen molar-refractivity contribution in [2.75, 3.05) is 22.5 Å². The van der Waals surface area contributed by atoms with Gasteiger partial charge in [0.05, 0.1) is 40.2 Å². The van der Waals surface area contributed by atoms with Crippen molar-refractivity contribution in [3.8, 4) is 23.0 Å². The summed E-state index contributed by atoms with van der Waals surface area (Å²) >= 11 is 6.52. The highest BCUT2D eigenvalue weighted by Gasteiger charge is 2.38. The lowest BCUT2D eigenvalue weighted by Crippen LogP contribution is -2.36. The fraction of sp³-hybridized carbons (Fsp3) is 0.394. The van der Waals surface area contributed by atoms with Gasteiger partial charge in [0.15, 0.2) is 15.7 Å². The highest BCUT2D eigenvalue weighted by molar-refractivity contribution is 8.09. The number of halogens is 7. The number of pyridine rings is 1. The van der Waals surface area contributed by atoms with Gasteiger partial charge in [0, 0.05) is 23.4 Å². The van der Waals surface area contributed by atoms with Gasteiger partial charge >= 0.3 is 6.18 Å². The van der Waals surface area contributed by atoms with E-state index in [4.69, 9.17) is 22.3 Å². The second kappa shape index (κ2) is 14.8. The van der Waals surface area contributed by atoms with Gasteiger partial charge in [-0.3, -0.25) is 4.68 Å². The molecule has 0 fully saturated rings. The first-order valence-corrected chi connectivity index (χ1v) is 21.6. The third kappa shape index (κ3) is 8.79. The van der Waals surface area contributed by atoms with Gasteiger partial charge in [-0.2, -0.15) is 18.3 Å². The molecule has 1 atom stereocenters. The molecule has 1 aliphatic carbocycles. The van der Waals surface area contributed by atoms with E-state index in [1.165, 1.54) is 26.0 Å². The Labute approximate surface area is 320 Å². The average Bonchev–Trinajstić information content (AvgIpc) is 3.59. The standard InChI is InChI=1S/C33H33ClF5N5O6S3.ClH/c1-32(2,51(3,45)46)12-11-26-21-7-6-8-22(21)27(29(41-26)25(40)15-18-13-19(35)16-20(36)14-18)23-9-10-24(34)28-30(23)43(17-33(37,38)39)42-31(28)44(52(4,47)48)53(5,49)50;/h9-10,13-14,16,25H,6-8,15,17,40H2,1-5H3;1H/t25-;/m1./s1. The largest absolute Gasteiger partial charge is 0.408 e. The Morgan fingerprint density at radius 1 is 0.963 bits per heavy atom. The van der Waals surface area contributed by atoms with Crippen LogP contribution in [0.3, 0.4) is 0 Å². The normalized spacial score (nSPS) is 14.3. The van der Waals surface area contributed by atoms with Crippen LogP contribution < -0.4 is 9.44 Å². The third-order valence-corrected chi connectivity index (χ3v) is 14.1. The van der Waals surface area contributed by atoms with Crippen molar-refractivity contribution in [3.05, 3.63) is 75.1 Å². The number of sulfone groups is 1. The lowest BCUT2D eigenvalue weighted by molar-refractivity contribution is -0.141. The molecule has 2 heterocycles. The van der Waals surface area contributed by atoms with Crippen LogP contribution in [0.1, 0.15) is 54.4 Å². The Bertz CT molecular complexity index is 2520. The highest BCUT2D eigenvalue weighted by Crippen LogP contribution is 2.46. The van der Waals surface area contributed by atoms with E-state index in [0.717, 1.165) is 18.4 Å². The van der Waals surface area contributed by atoms with Gasteiger partial charge in [-0.15, -0.1) is 16.1 Å². The molecule has 0 aliphatic heterocycles. The summed E-state index contributed by atoms with van der Waals surface area (Å²) < 4.78 is 146. The minimum Gasteiger partial charge on any atom is -0.322 e. The number of nitrogens with two attached hydrogens (primary N) is 1. The van der Waals surface area contributed by atoms with Crippen LogP contribution in [0, 0.1) is 23.5 Å². The molecule has 0 saturated carbocycles. The van der Waals surface area contributed by atoms with Crippen molar-refractivity contribution in [2.45, 2.75) is 63.0 Å². The van der Waals surface area contributed by atoms with Gasteiger partial charge in [0.2, 0.25) is 20.0 Å². The molecule has 2 N–H and O–H groups in total. The number of aromatic nitrogens is 3. The lowest BCUT2D eigenvalue weighted by Gasteiger charge is -2.22. The molecular weight excluding hydrogens is 824 g/mol. The van der Waals surface area contributed by atoms with E-state index in [2.05, 4.69) is 16.9 Å². The lowest BCUT2D eigenvalue weighted by atomic mass is 9.89. The number of sulfonamides is 2. The summed E-state index contributed by atoms with van der Waals surface area (Å²) in [5.74, 6) is 2.88. The van der Waals surface area contributed by atoms with Gasteiger partial charge in [-0.1, -0.05) is 23.6 Å². The fourth-order valence-corrected chi connectivity index (χ4v) is 9.49. The molecule has 0 amide bonds. The maximum absolute atomic E-state index is 14.2. The van der Waals surface area contributed by atoms with Crippen LogP contribution in [0.15, 0.2) is 30.3 Å². The van der Waals surface area contributed by atoms with Gasteiger partial charge in [0.1, 0.15) is 28.6 Å². The van der Waals surface area contributed by atoms with E-state index in [-0.39, 0.29) is 55.6 Å². The first-order valence-electron chi connectivity index (χ1n) is 15.6. The number of nitrogens with zero attached hydrogens (tertiary/aromatic N) is 4. The molecule has 1 aliphatic rings. The molecule has 11 nitrogen and oxygen atoms in total. The van der Waals surface area contributed by atoms with Crippen LogP contribution in [0.25, 0.3) is 22.0 Å². The molecule has 4 aromatic rings. The maximum Gasteiger partial charge on any atom is 0.408 e. The van der Waals surface area contributed by atoms with E-state index in [0.29, 0.717) is 53.6 Å². The van der Waals surface area contributed by atoms with Gasteiger partial charge in [0.25, 0.3) is 0 Å². The van der Waals surface area contributed by atoms with E-state index in [1.54, 1.807) is 0 Å². The van der Waals surface area contributed by atoms with Crippen LogP contribution in [0.4, 0.5) is 27.8 Å². The molecule has 21 heteroatoms. The van der Waals surface area contributed by atoms with E-state index < -0.39 is 81.7 Å². The number of alkyl halides is 3. The molecule has 294 valence electrons. The summed E-state index contributed by atoms with van der Waals surface area (Å²) in [7, 11) is -13.1. The smallest absolute Gasteiger partial charge is 0.322 e. The van der Waals surface area contributed by atoms with Crippen molar-refractivity contribution in [3.63, 3.8) is 0 Å². The highest BCUT2D eigenvalue weighted by atomic mass is 35.5. The fourth-order valence-electron chi connectivity index (χ4n) is 6.17. The molecule has 2 aromatic heterocycles. The minimum atomic E-state index is -4.95. The first-order chi connectivity index (χ1) is 24.2. The average molecular weight is 859 g/mol. The van der Waals surface area contributed by atoms with Crippen molar-refractivity contribution >= 4 is 70.6 Å². The van der Waals surface area contributed by atoms with E-state index in [9.17, 15) is 47.2 Å². The molecule has 0 bridgehead atoms. The summed E-state index contributed by atoms with van der Waals surface area (Å²) in [5, 5.41) is 3.10. The molecule has 5 rings (SSSR count). The molecule has 0 saturated heterocycles. The predicted octanol–water partition coefficient (Wildman–Crippen LogP) is 5.65. The summed E-state index contributed by atoms with van der Waals surface area (Å²) in [6.07, 6.45) is -1.94. The maximum atomic E-state index is 14.2. The number of benzene rings is 2. The van der Waals surface area contributed by atoms with Crippen LogP contribution in [0.2, 0.25) is 5.02 Å². The Hall–Kier alpha value is -3.54. The Balaban J connectivity index is 0.00000650. The Kier molecular flexibility index (Phi) is 11.9. The molecular formula is C33H34Cl2F5N5O6S3. The molecule has 54 heavy (non-hydrogen) atoms. The van der Waals surface area contributed by atoms with Crippen LogP contribution >= 0.6 is 24.0 Å². The molecule has 0 spiro atoms. The summed E-state index contributed by atoms with van der Waals surface area (Å²) in [6.45, 7) is 0.992. The van der Waals surface area contributed by atoms with Gasteiger partial charge in [-0.05, 0) is 80.3 Å². The number of rotatable bonds is 9. The Morgan fingerprint density at radius 2 is 1.54 bits per heavy atom. The number of hydrogen-bond donors (Lipinski definition) is 1.